The highest BCUT2D eigenvalue weighted by atomic mass is 28.3. The zero-order chi connectivity index (χ0) is 19.0. The van der Waals surface area contributed by atoms with Crippen molar-refractivity contribution in [2.75, 3.05) is 6.61 Å². The second-order valence-corrected chi connectivity index (χ2v) is 11.8. The van der Waals surface area contributed by atoms with Gasteiger partial charge in [-0.25, -0.2) is 4.79 Å². The molecule has 0 heterocycles. The van der Waals surface area contributed by atoms with Gasteiger partial charge in [-0.1, -0.05) is 87.1 Å². The third-order valence-corrected chi connectivity index (χ3v) is 10.5. The van der Waals surface area contributed by atoms with Crippen LogP contribution in [0.5, 0.6) is 0 Å². The van der Waals surface area contributed by atoms with E-state index in [1.807, 2.05) is 31.2 Å². The summed E-state index contributed by atoms with van der Waals surface area (Å²) in [7, 11) is -1.45. The lowest BCUT2D eigenvalue weighted by Gasteiger charge is -2.26. The number of carbonyl (C=O) groups excluding carboxylic acids is 1. The molecule has 0 fully saturated rings. The second kappa shape index (κ2) is 9.53. The molecular weight excluding hydrogens is 336 g/mol. The molecule has 26 heavy (non-hydrogen) atoms. The summed E-state index contributed by atoms with van der Waals surface area (Å²) in [6.45, 7) is 9.19. The Morgan fingerprint density at radius 1 is 0.808 bits per heavy atom. The number of benzene rings is 2. The Hall–Kier alpha value is -2.13. The van der Waals surface area contributed by atoms with E-state index in [1.54, 1.807) is 0 Å². The first kappa shape index (κ1) is 20.2. The summed E-state index contributed by atoms with van der Waals surface area (Å²) in [5.41, 5.74) is 6.87. The lowest BCUT2D eigenvalue weighted by atomic mass is 9.98. The first-order valence-corrected chi connectivity index (χ1v) is 12.3. The van der Waals surface area contributed by atoms with Crippen molar-refractivity contribution in [3.05, 3.63) is 77.0 Å². The lowest BCUT2D eigenvalue weighted by molar-refractivity contribution is 0.0526. The van der Waals surface area contributed by atoms with Crippen molar-refractivity contribution in [1.29, 1.82) is 0 Å². The van der Waals surface area contributed by atoms with E-state index in [-0.39, 0.29) is 5.97 Å². The van der Waals surface area contributed by atoms with Gasteiger partial charge in [-0.3, -0.25) is 0 Å². The predicted octanol–water partition coefficient (Wildman–Crippen LogP) is 6.34. The lowest BCUT2D eigenvalue weighted by Crippen LogP contribution is -2.29. The van der Waals surface area contributed by atoms with Crippen molar-refractivity contribution >= 4 is 19.6 Å². The second-order valence-electron chi connectivity index (χ2n) is 6.64. The van der Waals surface area contributed by atoms with E-state index in [0.29, 0.717) is 12.2 Å². The van der Waals surface area contributed by atoms with Crippen molar-refractivity contribution < 1.29 is 9.53 Å². The molecule has 0 aliphatic carbocycles. The van der Waals surface area contributed by atoms with Gasteiger partial charge >= 0.3 is 5.97 Å². The Bertz CT molecular complexity index is 720. The summed E-state index contributed by atoms with van der Waals surface area (Å²) in [4.78, 5) is 11.9. The van der Waals surface area contributed by atoms with E-state index < -0.39 is 8.07 Å². The number of carbonyl (C=O) groups is 1. The summed E-state index contributed by atoms with van der Waals surface area (Å²) in [6.07, 6.45) is 0. The Morgan fingerprint density at radius 3 is 1.81 bits per heavy atom. The van der Waals surface area contributed by atoms with Crippen molar-refractivity contribution in [1.82, 2.24) is 0 Å². The van der Waals surface area contributed by atoms with E-state index in [4.69, 9.17) is 4.74 Å². The molecule has 0 N–H and O–H groups in total. The SMILES string of the molecule is CCOC(=O)c1ccc(/C(=C\[Si](CC)(CC)CC)c2ccccc2)cc1. The van der Waals surface area contributed by atoms with Crippen molar-refractivity contribution in [3.8, 4) is 0 Å². The van der Waals surface area contributed by atoms with Gasteiger partial charge in [0.25, 0.3) is 0 Å². The van der Waals surface area contributed by atoms with Crippen molar-refractivity contribution in [3.63, 3.8) is 0 Å². The molecular formula is C23H30O2Si. The van der Waals surface area contributed by atoms with Gasteiger partial charge in [0.05, 0.1) is 20.2 Å². The molecule has 0 spiro atoms. The molecule has 3 heteroatoms. The highest BCUT2D eigenvalue weighted by molar-refractivity contribution is 6.85. The van der Waals surface area contributed by atoms with E-state index in [9.17, 15) is 4.79 Å². The summed E-state index contributed by atoms with van der Waals surface area (Å²) in [6, 6.07) is 22.1. The van der Waals surface area contributed by atoms with Crippen LogP contribution in [-0.4, -0.2) is 20.7 Å². The third kappa shape index (κ3) is 4.73. The molecule has 138 valence electrons. The summed E-state index contributed by atoms with van der Waals surface area (Å²) < 4.78 is 5.10. The fourth-order valence-corrected chi connectivity index (χ4v) is 6.37. The molecule has 2 aromatic carbocycles. The van der Waals surface area contributed by atoms with Crippen LogP contribution in [0.3, 0.4) is 0 Å². The molecule has 0 atom stereocenters. The van der Waals surface area contributed by atoms with Crippen LogP contribution in [0.15, 0.2) is 60.3 Å². The van der Waals surface area contributed by atoms with Crippen LogP contribution < -0.4 is 0 Å². The molecule has 2 nitrogen and oxygen atoms in total. The largest absolute Gasteiger partial charge is 0.462 e. The number of hydrogen-bond acceptors (Lipinski definition) is 2. The summed E-state index contributed by atoms with van der Waals surface area (Å²) >= 11 is 0. The van der Waals surface area contributed by atoms with Gasteiger partial charge in [0.15, 0.2) is 0 Å². The van der Waals surface area contributed by atoms with Crippen LogP contribution in [-0.2, 0) is 4.74 Å². The zero-order valence-electron chi connectivity index (χ0n) is 16.4. The minimum Gasteiger partial charge on any atom is -0.462 e. The maximum absolute atomic E-state index is 11.9. The summed E-state index contributed by atoms with van der Waals surface area (Å²) in [5.74, 6) is -0.260. The Kier molecular flexibility index (Phi) is 7.40. The molecule has 0 bridgehead atoms. The normalized spacial score (nSPS) is 12.1. The van der Waals surface area contributed by atoms with Gasteiger partial charge in [-0.15, -0.1) is 0 Å². The molecule has 0 aliphatic rings. The Morgan fingerprint density at radius 2 is 1.31 bits per heavy atom. The highest BCUT2D eigenvalue weighted by Crippen LogP contribution is 2.31. The molecule has 0 aliphatic heterocycles. The quantitative estimate of drug-likeness (QED) is 0.402. The Labute approximate surface area is 158 Å². The van der Waals surface area contributed by atoms with Crippen molar-refractivity contribution in [2.45, 2.75) is 45.8 Å². The van der Waals surface area contributed by atoms with Crippen LogP contribution in [0.2, 0.25) is 18.1 Å². The average Bonchev–Trinajstić information content (AvgIpc) is 2.71. The van der Waals surface area contributed by atoms with Gasteiger partial charge in [-0.05, 0) is 35.8 Å². The van der Waals surface area contributed by atoms with Crippen LogP contribution in [0, 0.1) is 0 Å². The van der Waals surface area contributed by atoms with Crippen LogP contribution in [0.4, 0.5) is 0 Å². The fraction of sp³-hybridized carbons (Fsp3) is 0.348. The molecule has 0 saturated heterocycles. The van der Waals surface area contributed by atoms with Crippen LogP contribution >= 0.6 is 0 Å². The van der Waals surface area contributed by atoms with Gasteiger partial charge in [0, 0.05) is 0 Å². The summed E-state index contributed by atoms with van der Waals surface area (Å²) in [5, 5.41) is 0. The standard InChI is InChI=1S/C23H30O2Si/c1-5-25-23(24)21-16-14-20(15-17-21)22(19-12-10-9-11-13-19)18-26(6-2,7-3)8-4/h9-18H,5-8H2,1-4H3/b22-18-. The minimum atomic E-state index is -1.45. The van der Waals surface area contributed by atoms with E-state index in [2.05, 4.69) is 56.8 Å². The smallest absolute Gasteiger partial charge is 0.338 e. The first-order chi connectivity index (χ1) is 12.6. The van der Waals surface area contributed by atoms with Crippen LogP contribution in [0.25, 0.3) is 5.57 Å². The monoisotopic (exact) mass is 366 g/mol. The molecule has 0 aromatic heterocycles. The Balaban J connectivity index is 2.50. The number of esters is 1. The third-order valence-electron chi connectivity index (χ3n) is 5.35. The minimum absolute atomic E-state index is 0.260. The first-order valence-electron chi connectivity index (χ1n) is 9.65. The predicted molar refractivity (Wildman–Crippen MR) is 113 cm³/mol. The van der Waals surface area contributed by atoms with Crippen molar-refractivity contribution in [2.24, 2.45) is 0 Å². The molecule has 2 aromatic rings. The van der Waals surface area contributed by atoms with E-state index in [1.165, 1.54) is 29.3 Å². The molecule has 0 saturated carbocycles. The fourth-order valence-electron chi connectivity index (χ4n) is 3.31. The van der Waals surface area contributed by atoms with Gasteiger partial charge < -0.3 is 4.74 Å². The molecule has 0 amide bonds. The van der Waals surface area contributed by atoms with E-state index in [0.717, 1.165) is 5.56 Å². The highest BCUT2D eigenvalue weighted by Gasteiger charge is 2.25. The van der Waals surface area contributed by atoms with E-state index >= 15 is 0 Å². The molecule has 2 rings (SSSR count). The van der Waals surface area contributed by atoms with Gasteiger partial charge in [0.1, 0.15) is 0 Å². The van der Waals surface area contributed by atoms with Crippen LogP contribution in [0.1, 0.15) is 49.2 Å². The van der Waals surface area contributed by atoms with Gasteiger partial charge in [0.2, 0.25) is 0 Å². The average molecular weight is 367 g/mol. The van der Waals surface area contributed by atoms with Gasteiger partial charge in [-0.2, -0.15) is 0 Å². The number of rotatable bonds is 8. The molecule has 0 radical (unpaired) electrons. The maximum atomic E-state index is 11.9. The maximum Gasteiger partial charge on any atom is 0.338 e. The zero-order valence-corrected chi connectivity index (χ0v) is 17.4. The number of hydrogen-bond donors (Lipinski definition) is 0. The molecule has 0 unspecified atom stereocenters. The number of ether oxygens (including phenoxy) is 1. The topological polar surface area (TPSA) is 26.3 Å².